The van der Waals surface area contributed by atoms with Crippen LogP contribution in [0.2, 0.25) is 0 Å². The minimum atomic E-state index is -0.0970. The second kappa shape index (κ2) is 6.00. The van der Waals surface area contributed by atoms with Crippen LogP contribution in [-0.4, -0.2) is 30.4 Å². The summed E-state index contributed by atoms with van der Waals surface area (Å²) in [5.41, 5.74) is 5.69. The Morgan fingerprint density at radius 3 is 2.67 bits per heavy atom. The zero-order valence-corrected chi connectivity index (χ0v) is 10.5. The molecule has 0 aromatic carbocycles. The predicted octanol–water partition coefficient (Wildman–Crippen LogP) is 0.0648. The van der Waals surface area contributed by atoms with Gasteiger partial charge in [0, 0.05) is 25.0 Å². The minimum absolute atomic E-state index is 0.00469. The predicted molar refractivity (Wildman–Crippen MR) is 68.6 cm³/mol. The Labute approximate surface area is 107 Å². The van der Waals surface area contributed by atoms with E-state index in [9.17, 15) is 9.59 Å². The van der Waals surface area contributed by atoms with Gasteiger partial charge in [0.05, 0.1) is 5.92 Å². The van der Waals surface area contributed by atoms with Crippen LogP contribution in [0.5, 0.6) is 0 Å². The third-order valence-corrected chi connectivity index (χ3v) is 3.28. The van der Waals surface area contributed by atoms with Gasteiger partial charge in [-0.3, -0.25) is 9.59 Å². The number of hydrogen-bond acceptors (Lipinski definition) is 3. The molecule has 5 heteroatoms. The van der Waals surface area contributed by atoms with Gasteiger partial charge in [-0.25, -0.2) is 0 Å². The van der Waals surface area contributed by atoms with Crippen LogP contribution in [0.25, 0.3) is 0 Å². The van der Waals surface area contributed by atoms with Gasteiger partial charge in [-0.1, -0.05) is 12.2 Å². The molecule has 5 nitrogen and oxygen atoms in total. The summed E-state index contributed by atoms with van der Waals surface area (Å²) in [6.45, 7) is 0.552. The third kappa shape index (κ3) is 4.14. The lowest BCUT2D eigenvalue weighted by Gasteiger charge is -2.10. The molecule has 2 aliphatic carbocycles. The number of nitrogens with two attached hydrogens (primary N) is 1. The van der Waals surface area contributed by atoms with E-state index >= 15 is 0 Å². The van der Waals surface area contributed by atoms with Gasteiger partial charge in [0.2, 0.25) is 11.8 Å². The van der Waals surface area contributed by atoms with E-state index < -0.39 is 0 Å². The van der Waals surface area contributed by atoms with Crippen LogP contribution in [-0.2, 0) is 9.59 Å². The molecule has 18 heavy (non-hydrogen) atoms. The van der Waals surface area contributed by atoms with Crippen molar-refractivity contribution in [1.82, 2.24) is 10.6 Å². The van der Waals surface area contributed by atoms with Crippen molar-refractivity contribution in [2.75, 3.05) is 6.54 Å². The quantitative estimate of drug-likeness (QED) is 0.461. The standard InChI is InChI=1S/C13H21N3O2/c14-10-4-3-9(8-10)13(18)15-7-1-2-12(17)16-11-5-6-11/h3-4,9-11H,1-2,5-8,14H2,(H,15,18)(H,16,17). The molecule has 2 aliphatic rings. The molecule has 0 spiro atoms. The van der Waals surface area contributed by atoms with E-state index in [2.05, 4.69) is 10.6 Å². The topological polar surface area (TPSA) is 84.2 Å². The molecule has 2 rings (SSSR count). The first-order valence-corrected chi connectivity index (χ1v) is 6.66. The molecule has 0 aliphatic heterocycles. The number of nitrogens with one attached hydrogen (secondary N) is 2. The molecule has 0 aromatic heterocycles. The van der Waals surface area contributed by atoms with Gasteiger partial charge in [-0.05, 0) is 25.7 Å². The Morgan fingerprint density at radius 2 is 2.06 bits per heavy atom. The van der Waals surface area contributed by atoms with Gasteiger partial charge in [0.15, 0.2) is 0 Å². The normalized spacial score (nSPS) is 26.1. The molecule has 2 atom stereocenters. The Bertz CT molecular complexity index is 350. The molecule has 0 saturated heterocycles. The summed E-state index contributed by atoms with van der Waals surface area (Å²) < 4.78 is 0. The molecule has 2 unspecified atom stereocenters. The fourth-order valence-corrected chi connectivity index (χ4v) is 2.04. The second-order valence-electron chi connectivity index (χ2n) is 5.13. The number of carbonyl (C=O) groups excluding carboxylic acids is 2. The number of hydrogen-bond donors (Lipinski definition) is 3. The number of amides is 2. The monoisotopic (exact) mass is 251 g/mol. The van der Waals surface area contributed by atoms with Gasteiger partial charge >= 0.3 is 0 Å². The molecule has 1 saturated carbocycles. The summed E-state index contributed by atoms with van der Waals surface area (Å²) in [6, 6.07) is 0.419. The highest BCUT2D eigenvalue weighted by molar-refractivity contribution is 5.81. The van der Waals surface area contributed by atoms with Crippen molar-refractivity contribution < 1.29 is 9.59 Å². The molecule has 0 bridgehead atoms. The molecule has 0 aromatic rings. The Hall–Kier alpha value is -1.36. The van der Waals surface area contributed by atoms with Crippen LogP contribution in [0.1, 0.15) is 32.1 Å². The zero-order valence-electron chi connectivity index (χ0n) is 10.5. The average Bonchev–Trinajstić information content (AvgIpc) is 3.03. The lowest BCUT2D eigenvalue weighted by atomic mass is 10.1. The molecular formula is C13H21N3O2. The SMILES string of the molecule is NC1C=CC(C(=O)NCCCC(=O)NC2CC2)C1. The molecule has 100 valence electrons. The Kier molecular flexibility index (Phi) is 4.36. The highest BCUT2D eigenvalue weighted by atomic mass is 16.2. The zero-order chi connectivity index (χ0) is 13.0. The van der Waals surface area contributed by atoms with Crippen molar-refractivity contribution in [3.8, 4) is 0 Å². The van der Waals surface area contributed by atoms with Crippen molar-refractivity contribution in [1.29, 1.82) is 0 Å². The number of rotatable bonds is 6. The average molecular weight is 251 g/mol. The maximum Gasteiger partial charge on any atom is 0.226 e. The summed E-state index contributed by atoms with van der Waals surface area (Å²) in [7, 11) is 0. The van der Waals surface area contributed by atoms with E-state index in [0.29, 0.717) is 31.8 Å². The van der Waals surface area contributed by atoms with Crippen molar-refractivity contribution in [3.05, 3.63) is 12.2 Å². The second-order valence-corrected chi connectivity index (χ2v) is 5.13. The van der Waals surface area contributed by atoms with E-state index in [1.54, 1.807) is 0 Å². The third-order valence-electron chi connectivity index (χ3n) is 3.28. The fraction of sp³-hybridized carbons (Fsp3) is 0.692. The summed E-state index contributed by atoms with van der Waals surface area (Å²) in [5, 5.41) is 5.77. The van der Waals surface area contributed by atoms with Crippen LogP contribution in [0.15, 0.2) is 12.2 Å². The lowest BCUT2D eigenvalue weighted by Crippen LogP contribution is -2.32. The molecule has 0 heterocycles. The van der Waals surface area contributed by atoms with Crippen LogP contribution >= 0.6 is 0 Å². The minimum Gasteiger partial charge on any atom is -0.356 e. The smallest absolute Gasteiger partial charge is 0.226 e. The van der Waals surface area contributed by atoms with E-state index in [1.165, 1.54) is 0 Å². The molecular weight excluding hydrogens is 230 g/mol. The summed E-state index contributed by atoms with van der Waals surface area (Å²) in [5.74, 6) is 0.0108. The van der Waals surface area contributed by atoms with E-state index in [0.717, 1.165) is 12.8 Å². The van der Waals surface area contributed by atoms with Crippen molar-refractivity contribution in [3.63, 3.8) is 0 Å². The first-order valence-electron chi connectivity index (χ1n) is 6.66. The first kappa shape index (κ1) is 13.1. The molecule has 2 amide bonds. The molecule has 0 radical (unpaired) electrons. The first-order chi connectivity index (χ1) is 8.65. The Morgan fingerprint density at radius 1 is 1.28 bits per heavy atom. The van der Waals surface area contributed by atoms with E-state index in [1.807, 2.05) is 12.2 Å². The maximum absolute atomic E-state index is 11.7. The van der Waals surface area contributed by atoms with Crippen molar-refractivity contribution in [2.24, 2.45) is 11.7 Å². The largest absolute Gasteiger partial charge is 0.356 e. The van der Waals surface area contributed by atoms with Crippen LogP contribution in [0, 0.1) is 5.92 Å². The molecule has 4 N–H and O–H groups in total. The lowest BCUT2D eigenvalue weighted by molar-refractivity contribution is -0.124. The van der Waals surface area contributed by atoms with Crippen LogP contribution in [0.3, 0.4) is 0 Å². The van der Waals surface area contributed by atoms with Crippen molar-refractivity contribution >= 4 is 11.8 Å². The van der Waals surface area contributed by atoms with E-state index in [4.69, 9.17) is 5.73 Å². The summed E-state index contributed by atoms with van der Waals surface area (Å²) >= 11 is 0. The molecule has 1 fully saturated rings. The highest BCUT2D eigenvalue weighted by Crippen LogP contribution is 2.18. The van der Waals surface area contributed by atoms with E-state index in [-0.39, 0.29) is 23.8 Å². The maximum atomic E-state index is 11.7. The number of carbonyl (C=O) groups is 2. The van der Waals surface area contributed by atoms with Crippen LogP contribution in [0.4, 0.5) is 0 Å². The van der Waals surface area contributed by atoms with Gasteiger partial charge in [0.1, 0.15) is 0 Å². The van der Waals surface area contributed by atoms with Gasteiger partial charge < -0.3 is 16.4 Å². The van der Waals surface area contributed by atoms with Gasteiger partial charge in [-0.2, -0.15) is 0 Å². The Balaban J connectivity index is 1.53. The van der Waals surface area contributed by atoms with Crippen LogP contribution < -0.4 is 16.4 Å². The summed E-state index contributed by atoms with van der Waals surface area (Å²) in [4.78, 5) is 23.1. The van der Waals surface area contributed by atoms with Gasteiger partial charge in [-0.15, -0.1) is 0 Å². The van der Waals surface area contributed by atoms with Gasteiger partial charge in [0.25, 0.3) is 0 Å². The highest BCUT2D eigenvalue weighted by Gasteiger charge is 2.23. The fourth-order valence-electron chi connectivity index (χ4n) is 2.04. The summed E-state index contributed by atoms with van der Waals surface area (Å²) in [6.07, 6.45) is 7.80. The van der Waals surface area contributed by atoms with Crippen molar-refractivity contribution in [2.45, 2.75) is 44.2 Å².